The number of fused-ring (bicyclic) bond motifs is 2. The van der Waals surface area contributed by atoms with Gasteiger partial charge in [0.05, 0.1) is 22.3 Å². The Bertz CT molecular complexity index is 2840. The first-order valence-corrected chi connectivity index (χ1v) is 20.6. The number of amides is 4. The highest BCUT2D eigenvalue weighted by Crippen LogP contribution is 2.38. The summed E-state index contributed by atoms with van der Waals surface area (Å²) < 4.78 is 41.1. The van der Waals surface area contributed by atoms with E-state index in [1.165, 1.54) is 19.0 Å². The van der Waals surface area contributed by atoms with Gasteiger partial charge in [-0.2, -0.15) is 4.58 Å². The fraction of sp³-hybridized carbons (Fsp3) is 0.118. The Morgan fingerprint density at radius 3 is 1.72 bits per heavy atom. The summed E-state index contributed by atoms with van der Waals surface area (Å²) in [5.41, 5.74) is 11.5. The zero-order valence-corrected chi connectivity index (χ0v) is 35.5. The highest BCUT2D eigenvalue weighted by Gasteiger charge is 2.35. The summed E-state index contributed by atoms with van der Waals surface area (Å²) in [4.78, 5) is 55.5. The number of benzene rings is 5. The first-order valence-electron chi connectivity index (χ1n) is 20.6. The van der Waals surface area contributed by atoms with E-state index in [0.717, 1.165) is 61.1 Å². The van der Waals surface area contributed by atoms with Gasteiger partial charge in [-0.05, 0) is 84.2 Å². The molecule has 0 atom stereocenters. The van der Waals surface area contributed by atoms with E-state index in [1.54, 1.807) is 12.1 Å². The summed E-state index contributed by atoms with van der Waals surface area (Å²) in [6.07, 6.45) is 14.8. The average molecular weight is 863 g/mol. The molecule has 0 unspecified atom stereocenters. The van der Waals surface area contributed by atoms with Crippen LogP contribution in [0.4, 0.5) is 34.3 Å². The molecule has 4 amide bonds. The molecule has 8 rings (SSSR count). The molecular formula is C51H43BF4N4O4. The molecule has 322 valence electrons. The second-order valence-electron chi connectivity index (χ2n) is 14.9. The minimum atomic E-state index is -6.00. The van der Waals surface area contributed by atoms with Gasteiger partial charge in [0.2, 0.25) is 11.4 Å². The summed E-state index contributed by atoms with van der Waals surface area (Å²) in [7, 11) is -2.97. The predicted octanol–water partition coefficient (Wildman–Crippen LogP) is 11.0. The third-order valence-electron chi connectivity index (χ3n) is 11.1. The lowest BCUT2D eigenvalue weighted by Crippen LogP contribution is -2.24. The van der Waals surface area contributed by atoms with E-state index in [0.29, 0.717) is 35.3 Å². The lowest BCUT2D eigenvalue weighted by molar-refractivity contribution is -0.434. The van der Waals surface area contributed by atoms with Crippen LogP contribution in [0.3, 0.4) is 0 Å². The first-order chi connectivity index (χ1) is 30.7. The minimum absolute atomic E-state index is 0.277. The van der Waals surface area contributed by atoms with Crippen LogP contribution in [0.2, 0.25) is 0 Å². The van der Waals surface area contributed by atoms with Crippen LogP contribution in [-0.4, -0.2) is 78.2 Å². The lowest BCUT2D eigenvalue weighted by atomic mass is 9.93. The quantitative estimate of drug-likeness (QED) is 0.0459. The van der Waals surface area contributed by atoms with E-state index in [-0.39, 0.29) is 23.6 Å². The maximum atomic E-state index is 13.0. The third-order valence-corrected chi connectivity index (χ3v) is 11.1. The van der Waals surface area contributed by atoms with Crippen LogP contribution in [-0.2, 0) is 0 Å². The van der Waals surface area contributed by atoms with Gasteiger partial charge in [-0.15, -0.1) is 0 Å². The molecule has 0 N–H and O–H groups in total. The highest BCUT2D eigenvalue weighted by atomic mass is 19.5. The number of carbonyl (C=O) groups is 4. The molecule has 0 spiro atoms. The van der Waals surface area contributed by atoms with E-state index in [1.807, 2.05) is 72.8 Å². The van der Waals surface area contributed by atoms with Crippen LogP contribution in [0.15, 0.2) is 169 Å². The third kappa shape index (κ3) is 9.24. The van der Waals surface area contributed by atoms with Crippen molar-refractivity contribution in [1.82, 2.24) is 9.80 Å². The molecule has 0 radical (unpaired) electrons. The monoisotopic (exact) mass is 862 g/mol. The van der Waals surface area contributed by atoms with Gasteiger partial charge in [0.15, 0.2) is 0 Å². The van der Waals surface area contributed by atoms with Gasteiger partial charge in [-0.1, -0.05) is 97.1 Å². The number of imide groups is 2. The van der Waals surface area contributed by atoms with Crippen LogP contribution in [0.5, 0.6) is 0 Å². The van der Waals surface area contributed by atoms with Crippen molar-refractivity contribution in [3.63, 3.8) is 0 Å². The van der Waals surface area contributed by atoms with Gasteiger partial charge in [0.1, 0.15) is 6.54 Å². The molecule has 13 heteroatoms. The normalized spacial score (nSPS) is 14.6. The molecule has 0 saturated heterocycles. The molecule has 0 bridgehead atoms. The van der Waals surface area contributed by atoms with Gasteiger partial charge < -0.3 is 22.2 Å². The molecule has 5 aromatic carbocycles. The molecule has 64 heavy (non-hydrogen) atoms. The fourth-order valence-electron chi connectivity index (χ4n) is 7.97. The molecule has 2 aliphatic heterocycles. The van der Waals surface area contributed by atoms with Crippen molar-refractivity contribution >= 4 is 64.8 Å². The van der Waals surface area contributed by atoms with Crippen molar-refractivity contribution in [2.45, 2.75) is 13.8 Å². The van der Waals surface area contributed by atoms with Crippen molar-refractivity contribution in [2.24, 2.45) is 0 Å². The van der Waals surface area contributed by atoms with Crippen LogP contribution < -0.4 is 4.90 Å². The molecule has 2 heterocycles. The van der Waals surface area contributed by atoms with E-state index in [2.05, 4.69) is 102 Å². The number of rotatable bonds is 10. The van der Waals surface area contributed by atoms with E-state index < -0.39 is 7.25 Å². The zero-order chi connectivity index (χ0) is 45.7. The number of hydrogen-bond acceptors (Lipinski definition) is 5. The Labute approximate surface area is 368 Å². The summed E-state index contributed by atoms with van der Waals surface area (Å²) in [6.45, 7) is 5.43. The van der Waals surface area contributed by atoms with Gasteiger partial charge in [-0.25, -0.2) is 0 Å². The van der Waals surface area contributed by atoms with Gasteiger partial charge in [0.25, 0.3) is 23.6 Å². The van der Waals surface area contributed by atoms with Crippen LogP contribution in [0.25, 0.3) is 11.1 Å². The van der Waals surface area contributed by atoms with Gasteiger partial charge in [0, 0.05) is 61.9 Å². The number of anilines is 2. The van der Waals surface area contributed by atoms with E-state index >= 15 is 0 Å². The Morgan fingerprint density at radius 2 is 1.14 bits per heavy atom. The number of carbonyl (C=O) groups excluding carboxylic acids is 4. The van der Waals surface area contributed by atoms with Crippen LogP contribution in [0.1, 0.15) is 72.0 Å². The standard InChI is InChI=1S/C51H43N4O4.BF4/c1-5-54(38-28-30-43-45(32-38)50(58)52(3)48(43)56)37-26-24-36(25-27-37)40(34-16-9-7-10-17-34)21-15-22-41(35-18-11-8-12-19-35)42-20-13-14-23-47(42)55(6-2)39-29-31-44-46(33-39)51(59)53(4)49(44)57;2-1(3,4)5/h7-33H,5-6H2,1-4H3;/q+1;-1. The minimum Gasteiger partial charge on any atom is -0.418 e. The summed E-state index contributed by atoms with van der Waals surface area (Å²) >= 11 is 0. The van der Waals surface area contributed by atoms with Crippen molar-refractivity contribution in [1.29, 1.82) is 0 Å². The van der Waals surface area contributed by atoms with Crippen molar-refractivity contribution in [3.05, 3.63) is 208 Å². The predicted molar refractivity (Wildman–Crippen MR) is 245 cm³/mol. The van der Waals surface area contributed by atoms with Crippen molar-refractivity contribution < 1.29 is 41.0 Å². The summed E-state index contributed by atoms with van der Waals surface area (Å²) in [6, 6.07) is 39.8. The van der Waals surface area contributed by atoms with Crippen LogP contribution in [0, 0.1) is 0 Å². The number of nitrogens with zero attached hydrogens (tertiary/aromatic N) is 4. The van der Waals surface area contributed by atoms with Gasteiger partial charge in [-0.3, -0.25) is 29.0 Å². The van der Waals surface area contributed by atoms with Crippen LogP contribution >= 0.6 is 0 Å². The van der Waals surface area contributed by atoms with Crippen molar-refractivity contribution in [2.75, 3.05) is 32.1 Å². The maximum absolute atomic E-state index is 13.0. The molecule has 8 nitrogen and oxygen atoms in total. The topological polar surface area (TPSA) is 81.0 Å². The molecular weight excluding hydrogens is 819 g/mol. The second kappa shape index (κ2) is 18.8. The van der Waals surface area contributed by atoms with E-state index in [9.17, 15) is 36.4 Å². The Hall–Kier alpha value is -7.67. The van der Waals surface area contributed by atoms with Gasteiger partial charge >= 0.3 is 7.25 Å². The Balaban J connectivity index is 0.00000116. The zero-order valence-electron chi connectivity index (χ0n) is 35.5. The molecule has 3 aliphatic rings. The Morgan fingerprint density at radius 1 is 0.625 bits per heavy atom. The number of halogens is 4. The Kier molecular flexibility index (Phi) is 13.0. The summed E-state index contributed by atoms with van der Waals surface area (Å²) in [5.74, 6) is -1.14. The molecule has 5 aromatic rings. The largest absolute Gasteiger partial charge is 0.673 e. The molecule has 0 saturated carbocycles. The second-order valence-corrected chi connectivity index (χ2v) is 14.9. The number of para-hydroxylation sites is 1. The van der Waals surface area contributed by atoms with E-state index in [4.69, 9.17) is 0 Å². The molecule has 0 aromatic heterocycles. The highest BCUT2D eigenvalue weighted by molar-refractivity contribution is 6.50. The molecule has 0 fully saturated rings. The smallest absolute Gasteiger partial charge is 0.418 e. The van der Waals surface area contributed by atoms with Crippen molar-refractivity contribution in [3.8, 4) is 0 Å². The SMILES string of the molecule is CCN(c1ccc2c(c1)C(=O)N(C)C2=O)c1ccccc1C(=CC=CC(=C1C=CC(=[N+](CC)c2ccc3c(c2)C(=O)N(C)C3=O)C=C1)c1ccccc1)c1ccccc1.F[B-](F)(F)F. The number of hydrogen-bond donors (Lipinski definition) is 0. The number of allylic oxidation sites excluding steroid dienone is 9. The first kappa shape index (κ1) is 44.4. The fourth-order valence-corrected chi connectivity index (χ4v) is 7.97. The summed E-state index contributed by atoms with van der Waals surface area (Å²) in [5, 5.41) is 0. The molecule has 1 aliphatic carbocycles. The average Bonchev–Trinajstić information content (AvgIpc) is 3.65. The lowest BCUT2D eigenvalue weighted by Gasteiger charge is -2.27. The maximum Gasteiger partial charge on any atom is 0.673 e.